The van der Waals surface area contributed by atoms with Crippen molar-refractivity contribution in [2.75, 3.05) is 26.7 Å². The first-order chi connectivity index (χ1) is 12.0. The van der Waals surface area contributed by atoms with E-state index in [1.807, 2.05) is 0 Å². The van der Waals surface area contributed by atoms with Gasteiger partial charge in [-0.3, -0.25) is 9.59 Å². The molecule has 3 rings (SSSR count). The Morgan fingerprint density at radius 1 is 1.36 bits per heavy atom. The zero-order valence-electron chi connectivity index (χ0n) is 14.5. The van der Waals surface area contributed by atoms with E-state index in [1.165, 1.54) is 9.58 Å². The molecule has 8 heteroatoms. The standard InChI is InChI=1S/C17H22N4O4/c1-19(11-13-6-5-9-24-13)17(23)14-10-16(20(2)18-14)25-12-15(22)21-7-3-4-8-21/h5-6,9-10H,3-4,7-8,11-12H2,1-2H3. The Morgan fingerprint density at radius 2 is 2.12 bits per heavy atom. The summed E-state index contributed by atoms with van der Waals surface area (Å²) in [5.74, 6) is 0.802. The predicted octanol–water partition coefficient (Wildman–Crippen LogP) is 1.29. The number of hydrogen-bond acceptors (Lipinski definition) is 5. The lowest BCUT2D eigenvalue weighted by atomic mass is 10.3. The maximum absolute atomic E-state index is 12.5. The van der Waals surface area contributed by atoms with E-state index in [0.717, 1.165) is 25.9 Å². The lowest BCUT2D eigenvalue weighted by molar-refractivity contribution is -0.132. The van der Waals surface area contributed by atoms with Crippen LogP contribution in [0, 0.1) is 0 Å². The SMILES string of the molecule is CN(Cc1ccco1)C(=O)c1cc(OCC(=O)N2CCCC2)n(C)n1. The summed E-state index contributed by atoms with van der Waals surface area (Å²) < 4.78 is 12.3. The van der Waals surface area contributed by atoms with Crippen LogP contribution in [0.25, 0.3) is 0 Å². The van der Waals surface area contributed by atoms with Crippen molar-refractivity contribution in [1.82, 2.24) is 19.6 Å². The van der Waals surface area contributed by atoms with Gasteiger partial charge in [-0.05, 0) is 25.0 Å². The largest absolute Gasteiger partial charge is 0.468 e. The molecule has 0 spiro atoms. The van der Waals surface area contributed by atoms with Crippen LogP contribution in [-0.4, -0.2) is 58.1 Å². The third kappa shape index (κ3) is 4.01. The molecule has 1 fully saturated rings. The molecule has 0 N–H and O–H groups in total. The summed E-state index contributed by atoms with van der Waals surface area (Å²) in [6.45, 7) is 1.88. The van der Waals surface area contributed by atoms with E-state index in [0.29, 0.717) is 18.2 Å². The number of ether oxygens (including phenoxy) is 1. The van der Waals surface area contributed by atoms with Gasteiger partial charge in [0, 0.05) is 33.3 Å². The summed E-state index contributed by atoms with van der Waals surface area (Å²) in [5, 5.41) is 4.18. The minimum atomic E-state index is -0.243. The van der Waals surface area contributed by atoms with Crippen molar-refractivity contribution in [3.8, 4) is 5.88 Å². The number of aryl methyl sites for hydroxylation is 1. The lowest BCUT2D eigenvalue weighted by Gasteiger charge is -2.15. The molecule has 0 saturated carbocycles. The Bertz CT molecular complexity index is 732. The molecular formula is C17H22N4O4. The van der Waals surface area contributed by atoms with Gasteiger partial charge in [-0.25, -0.2) is 4.68 Å². The number of aromatic nitrogens is 2. The Balaban J connectivity index is 1.59. The molecule has 2 aromatic rings. The second kappa shape index (κ2) is 7.42. The first-order valence-corrected chi connectivity index (χ1v) is 8.27. The van der Waals surface area contributed by atoms with Crippen LogP contribution in [0.4, 0.5) is 0 Å². The Labute approximate surface area is 145 Å². The fraction of sp³-hybridized carbons (Fsp3) is 0.471. The number of likely N-dealkylation sites (tertiary alicyclic amines) is 1. The van der Waals surface area contributed by atoms with Crippen molar-refractivity contribution in [3.63, 3.8) is 0 Å². The van der Waals surface area contributed by atoms with E-state index in [-0.39, 0.29) is 24.1 Å². The zero-order valence-corrected chi connectivity index (χ0v) is 14.5. The van der Waals surface area contributed by atoms with Crippen molar-refractivity contribution in [2.45, 2.75) is 19.4 Å². The van der Waals surface area contributed by atoms with E-state index >= 15 is 0 Å². The van der Waals surface area contributed by atoms with Crippen molar-refractivity contribution >= 4 is 11.8 Å². The predicted molar refractivity (Wildman–Crippen MR) is 89.0 cm³/mol. The van der Waals surface area contributed by atoms with E-state index in [1.54, 1.807) is 43.5 Å². The number of furan rings is 1. The van der Waals surface area contributed by atoms with Gasteiger partial charge in [0.05, 0.1) is 12.8 Å². The van der Waals surface area contributed by atoms with Gasteiger partial charge >= 0.3 is 0 Å². The number of carbonyl (C=O) groups excluding carboxylic acids is 2. The van der Waals surface area contributed by atoms with Crippen LogP contribution in [-0.2, 0) is 18.4 Å². The van der Waals surface area contributed by atoms with Crippen molar-refractivity contribution < 1.29 is 18.7 Å². The molecule has 0 aliphatic carbocycles. The summed E-state index contributed by atoms with van der Waals surface area (Å²) in [6, 6.07) is 5.14. The van der Waals surface area contributed by atoms with E-state index in [9.17, 15) is 9.59 Å². The molecule has 1 saturated heterocycles. The quantitative estimate of drug-likeness (QED) is 0.787. The molecule has 1 aliphatic heterocycles. The van der Waals surface area contributed by atoms with E-state index < -0.39 is 0 Å². The monoisotopic (exact) mass is 346 g/mol. The molecule has 3 heterocycles. The summed E-state index contributed by atoms with van der Waals surface area (Å²) in [4.78, 5) is 27.8. The van der Waals surface area contributed by atoms with Crippen LogP contribution in [0.15, 0.2) is 28.9 Å². The summed E-state index contributed by atoms with van der Waals surface area (Å²) in [7, 11) is 3.36. The molecule has 0 atom stereocenters. The van der Waals surface area contributed by atoms with Crippen molar-refractivity contribution in [1.29, 1.82) is 0 Å². The topological polar surface area (TPSA) is 80.8 Å². The maximum atomic E-state index is 12.5. The molecule has 1 aliphatic rings. The molecule has 8 nitrogen and oxygen atoms in total. The number of amides is 2. The minimum Gasteiger partial charge on any atom is -0.468 e. The van der Waals surface area contributed by atoms with Gasteiger partial charge in [-0.15, -0.1) is 0 Å². The third-order valence-corrected chi connectivity index (χ3v) is 4.18. The normalized spacial score (nSPS) is 13.9. The average molecular weight is 346 g/mol. The first-order valence-electron chi connectivity index (χ1n) is 8.27. The van der Waals surface area contributed by atoms with Gasteiger partial charge in [0.2, 0.25) is 5.88 Å². The first kappa shape index (κ1) is 17.1. The lowest BCUT2D eigenvalue weighted by Crippen LogP contribution is -2.32. The molecular weight excluding hydrogens is 324 g/mol. The highest BCUT2D eigenvalue weighted by Crippen LogP contribution is 2.15. The Hall–Kier alpha value is -2.77. The number of rotatable bonds is 6. The molecule has 25 heavy (non-hydrogen) atoms. The average Bonchev–Trinajstić information content (AvgIpc) is 3.34. The van der Waals surface area contributed by atoms with E-state index in [2.05, 4.69) is 5.10 Å². The summed E-state index contributed by atoms with van der Waals surface area (Å²) >= 11 is 0. The van der Waals surface area contributed by atoms with Crippen LogP contribution in [0.5, 0.6) is 5.88 Å². The molecule has 0 unspecified atom stereocenters. The molecule has 2 amide bonds. The highest BCUT2D eigenvalue weighted by Gasteiger charge is 2.21. The van der Waals surface area contributed by atoms with Crippen LogP contribution >= 0.6 is 0 Å². The smallest absolute Gasteiger partial charge is 0.274 e. The Morgan fingerprint density at radius 3 is 2.80 bits per heavy atom. The minimum absolute atomic E-state index is 0.0403. The van der Waals surface area contributed by atoms with Crippen LogP contribution in [0.2, 0.25) is 0 Å². The van der Waals surface area contributed by atoms with Gasteiger partial charge in [0.1, 0.15) is 5.76 Å². The molecule has 2 aromatic heterocycles. The van der Waals surface area contributed by atoms with Gasteiger partial charge in [-0.1, -0.05) is 0 Å². The highest BCUT2D eigenvalue weighted by atomic mass is 16.5. The maximum Gasteiger partial charge on any atom is 0.274 e. The van der Waals surface area contributed by atoms with Crippen LogP contribution in [0.1, 0.15) is 29.1 Å². The highest BCUT2D eigenvalue weighted by molar-refractivity contribution is 5.92. The van der Waals surface area contributed by atoms with Crippen LogP contribution in [0.3, 0.4) is 0 Å². The van der Waals surface area contributed by atoms with Crippen molar-refractivity contribution in [2.24, 2.45) is 7.05 Å². The van der Waals surface area contributed by atoms with Crippen LogP contribution < -0.4 is 4.74 Å². The Kier molecular flexibility index (Phi) is 5.06. The molecule has 0 bridgehead atoms. The van der Waals surface area contributed by atoms with Gasteiger partial charge in [0.25, 0.3) is 11.8 Å². The summed E-state index contributed by atoms with van der Waals surface area (Å²) in [6.07, 6.45) is 3.65. The number of nitrogens with zero attached hydrogens (tertiary/aromatic N) is 4. The van der Waals surface area contributed by atoms with Gasteiger partial charge in [-0.2, -0.15) is 5.10 Å². The van der Waals surface area contributed by atoms with E-state index in [4.69, 9.17) is 9.15 Å². The molecule has 0 radical (unpaired) electrons. The number of carbonyl (C=O) groups is 2. The molecule has 134 valence electrons. The second-order valence-corrected chi connectivity index (χ2v) is 6.11. The second-order valence-electron chi connectivity index (χ2n) is 6.11. The fourth-order valence-corrected chi connectivity index (χ4v) is 2.79. The summed E-state index contributed by atoms with van der Waals surface area (Å²) in [5.41, 5.74) is 0.264. The third-order valence-electron chi connectivity index (χ3n) is 4.18. The fourth-order valence-electron chi connectivity index (χ4n) is 2.79. The number of hydrogen-bond donors (Lipinski definition) is 0. The van der Waals surface area contributed by atoms with Crippen molar-refractivity contribution in [3.05, 3.63) is 35.9 Å². The zero-order chi connectivity index (χ0) is 17.8. The van der Waals surface area contributed by atoms with Gasteiger partial charge < -0.3 is 19.0 Å². The molecule has 0 aromatic carbocycles. The van der Waals surface area contributed by atoms with Gasteiger partial charge in [0.15, 0.2) is 12.3 Å².